The van der Waals surface area contributed by atoms with Gasteiger partial charge in [-0.15, -0.1) is 0 Å². The zero-order chi connectivity index (χ0) is 28.0. The van der Waals surface area contributed by atoms with Crippen LogP contribution in [-0.4, -0.2) is 73.5 Å². The summed E-state index contributed by atoms with van der Waals surface area (Å²) in [4.78, 5) is 39.3. The number of nitrogens with zero attached hydrogens (tertiary/aromatic N) is 5. The molecule has 0 radical (unpaired) electrons. The molecule has 0 fully saturated rings. The molecule has 2 amide bonds. The predicted molar refractivity (Wildman–Crippen MR) is 137 cm³/mol. The van der Waals surface area contributed by atoms with E-state index >= 15 is 0 Å². The van der Waals surface area contributed by atoms with E-state index in [9.17, 15) is 19.3 Å². The third-order valence-corrected chi connectivity index (χ3v) is 6.65. The van der Waals surface area contributed by atoms with Crippen molar-refractivity contribution in [2.24, 2.45) is 0 Å². The van der Waals surface area contributed by atoms with E-state index in [0.717, 1.165) is 0 Å². The first-order chi connectivity index (χ1) is 17.1. The van der Waals surface area contributed by atoms with Crippen LogP contribution in [0, 0.1) is 0 Å². The Morgan fingerprint density at radius 1 is 1.00 bits per heavy atom. The molecule has 13 nitrogen and oxygen atoms in total. The number of aliphatic hydroxyl groups is 1. The highest BCUT2D eigenvalue weighted by atomic mass is 31.2. The molecule has 208 valence electrons. The van der Waals surface area contributed by atoms with Gasteiger partial charge in [-0.1, -0.05) is 0 Å². The molecule has 2 aromatic rings. The highest BCUT2D eigenvalue weighted by Gasteiger charge is 2.35. The fourth-order valence-corrected chi connectivity index (χ4v) is 4.95. The lowest BCUT2D eigenvalue weighted by Crippen LogP contribution is -2.44. The monoisotopic (exact) mass is 543 g/mol. The third-order valence-electron chi connectivity index (χ3n) is 4.54. The summed E-state index contributed by atoms with van der Waals surface area (Å²) in [5.74, 6) is -0.126. The normalized spacial score (nSPS) is 13.4. The Morgan fingerprint density at radius 3 is 2.03 bits per heavy atom. The lowest BCUT2D eigenvalue weighted by Gasteiger charge is -2.28. The van der Waals surface area contributed by atoms with Crippen molar-refractivity contribution in [3.8, 4) is 0 Å². The van der Waals surface area contributed by atoms with Crippen molar-refractivity contribution in [3.63, 3.8) is 0 Å². The first-order valence-corrected chi connectivity index (χ1v) is 13.8. The summed E-state index contributed by atoms with van der Waals surface area (Å²) in [6.45, 7) is 13.9. The Balaban J connectivity index is 2.35. The van der Waals surface area contributed by atoms with Crippen LogP contribution in [0.4, 0.5) is 15.4 Å². The molecule has 2 rings (SSSR count). The minimum atomic E-state index is -3.31. The molecule has 2 heterocycles. The van der Waals surface area contributed by atoms with E-state index < -0.39 is 37.1 Å². The number of carbonyl (C=O) groups excluding carboxylic acids is 2. The van der Waals surface area contributed by atoms with E-state index in [1.807, 2.05) is 0 Å². The van der Waals surface area contributed by atoms with E-state index in [4.69, 9.17) is 18.5 Å². The van der Waals surface area contributed by atoms with Gasteiger partial charge in [0.25, 0.3) is 0 Å². The molecule has 0 aromatic carbocycles. The van der Waals surface area contributed by atoms with Crippen LogP contribution in [0.25, 0.3) is 11.2 Å². The van der Waals surface area contributed by atoms with Crippen molar-refractivity contribution in [1.82, 2.24) is 19.5 Å². The highest BCUT2D eigenvalue weighted by Crippen LogP contribution is 2.48. The van der Waals surface area contributed by atoms with Gasteiger partial charge in [0.05, 0.1) is 38.4 Å². The zero-order valence-electron chi connectivity index (χ0n) is 22.8. The summed E-state index contributed by atoms with van der Waals surface area (Å²) in [5.41, 5.74) is -1.40. The number of hydrogen-bond acceptors (Lipinski definition) is 11. The van der Waals surface area contributed by atoms with E-state index in [-0.39, 0.29) is 49.3 Å². The molecule has 0 saturated carbocycles. The molecule has 37 heavy (non-hydrogen) atoms. The number of imide groups is 1. The van der Waals surface area contributed by atoms with E-state index in [1.165, 1.54) is 12.7 Å². The number of rotatable bonds is 10. The Hall–Kier alpha value is -2.60. The molecule has 2 aromatic heterocycles. The molecule has 0 saturated heterocycles. The first kappa shape index (κ1) is 30.6. The number of aliphatic hydroxyl groups excluding tert-OH is 1. The zero-order valence-corrected chi connectivity index (χ0v) is 23.7. The number of amides is 2. The van der Waals surface area contributed by atoms with E-state index in [0.29, 0.717) is 4.90 Å². The summed E-state index contributed by atoms with van der Waals surface area (Å²) < 4.78 is 35.6. The Bertz CT molecular complexity index is 1090. The predicted octanol–water partition coefficient (Wildman–Crippen LogP) is 4.52. The number of anilines is 1. The van der Waals surface area contributed by atoms with Crippen molar-refractivity contribution < 1.29 is 37.8 Å². The number of imidazole rings is 1. The molecule has 0 aliphatic rings. The summed E-state index contributed by atoms with van der Waals surface area (Å²) in [6, 6.07) is 0. The largest absolute Gasteiger partial charge is 0.443 e. The van der Waals surface area contributed by atoms with Gasteiger partial charge in [-0.25, -0.2) is 24.5 Å². The fourth-order valence-electron chi connectivity index (χ4n) is 3.21. The molecule has 0 spiro atoms. The number of carbonyl (C=O) groups is 2. The number of hydrogen-bond donors (Lipinski definition) is 1. The molecule has 1 atom stereocenters. The van der Waals surface area contributed by atoms with Gasteiger partial charge in [0.15, 0.2) is 17.0 Å². The van der Waals surface area contributed by atoms with Gasteiger partial charge in [0, 0.05) is 0 Å². The molecule has 14 heteroatoms. The van der Waals surface area contributed by atoms with Crippen LogP contribution in [0.15, 0.2) is 12.7 Å². The van der Waals surface area contributed by atoms with Crippen molar-refractivity contribution in [2.45, 2.75) is 85.7 Å². The average molecular weight is 544 g/mol. The lowest BCUT2D eigenvalue weighted by atomic mass is 10.2. The van der Waals surface area contributed by atoms with Crippen LogP contribution in [0.3, 0.4) is 0 Å². The van der Waals surface area contributed by atoms with Crippen LogP contribution in [-0.2, 0) is 29.6 Å². The maximum absolute atomic E-state index is 13.0. The summed E-state index contributed by atoms with van der Waals surface area (Å²) >= 11 is 0. The van der Waals surface area contributed by atoms with Crippen molar-refractivity contribution >= 4 is 36.8 Å². The Morgan fingerprint density at radius 2 is 1.54 bits per heavy atom. The van der Waals surface area contributed by atoms with E-state index in [2.05, 4.69) is 15.0 Å². The standard InChI is InChI=1S/C23H38N5O8P/c1-9-33-37(32,34-10-2)12-11-16(29)13-27-15-26-17-18(27)24-14-25-19(17)28(20(30)35-22(3,4)5)21(31)36-23(6,7)8/h14-16,29H,9-13H2,1-8H3/t16-/m1/s1. The average Bonchev–Trinajstić information content (AvgIpc) is 3.14. The first-order valence-electron chi connectivity index (χ1n) is 12.1. The van der Waals surface area contributed by atoms with Crippen molar-refractivity contribution in [3.05, 3.63) is 12.7 Å². The van der Waals surface area contributed by atoms with Crippen LogP contribution in [0.2, 0.25) is 0 Å². The number of ether oxygens (including phenoxy) is 2. The minimum Gasteiger partial charge on any atom is -0.443 e. The molecule has 0 unspecified atom stereocenters. The third kappa shape index (κ3) is 9.03. The number of aromatic nitrogens is 4. The molecule has 0 aliphatic carbocycles. The molecule has 1 N–H and O–H groups in total. The maximum atomic E-state index is 13.0. The Kier molecular flexibility index (Phi) is 10.2. The van der Waals surface area contributed by atoms with Gasteiger partial charge in [-0.05, 0) is 61.8 Å². The SMILES string of the molecule is CCOP(=O)(CC[C@@H](O)Cn1cnc2c(N(C(=O)OC(C)(C)C)C(=O)OC(C)(C)C)ncnc21)OCC. The topological polar surface area (TPSA) is 155 Å². The fraction of sp³-hybridized carbons (Fsp3) is 0.696. The minimum absolute atomic E-state index is 0.0355. The second kappa shape index (κ2) is 12.3. The van der Waals surface area contributed by atoms with E-state index in [1.54, 1.807) is 60.0 Å². The summed E-state index contributed by atoms with van der Waals surface area (Å²) in [7, 11) is -3.31. The van der Waals surface area contributed by atoms with Gasteiger partial charge >= 0.3 is 19.8 Å². The van der Waals surface area contributed by atoms with Gasteiger partial charge in [0.2, 0.25) is 0 Å². The van der Waals surface area contributed by atoms with Gasteiger partial charge in [-0.3, -0.25) is 4.57 Å². The van der Waals surface area contributed by atoms with Gasteiger partial charge in [-0.2, -0.15) is 4.90 Å². The summed E-state index contributed by atoms with van der Waals surface area (Å²) in [6.07, 6.45) is -0.165. The van der Waals surface area contributed by atoms with Crippen LogP contribution >= 0.6 is 7.60 Å². The molecule has 0 bridgehead atoms. The van der Waals surface area contributed by atoms with Crippen molar-refractivity contribution in [2.75, 3.05) is 24.3 Å². The second-order valence-electron chi connectivity index (χ2n) is 10.2. The molecule has 0 aliphatic heterocycles. The summed E-state index contributed by atoms with van der Waals surface area (Å²) in [5, 5.41) is 10.6. The molecular formula is C23H38N5O8P. The van der Waals surface area contributed by atoms with Crippen LogP contribution < -0.4 is 4.90 Å². The Labute approximate surface area is 217 Å². The smallest absolute Gasteiger partial charge is 0.425 e. The van der Waals surface area contributed by atoms with Crippen molar-refractivity contribution in [1.29, 1.82) is 0 Å². The maximum Gasteiger partial charge on any atom is 0.425 e. The quantitative estimate of drug-likeness (QED) is 0.420. The van der Waals surface area contributed by atoms with Gasteiger partial charge < -0.3 is 28.2 Å². The molecular weight excluding hydrogens is 505 g/mol. The van der Waals surface area contributed by atoms with Crippen LogP contribution in [0.1, 0.15) is 61.8 Å². The van der Waals surface area contributed by atoms with Crippen LogP contribution in [0.5, 0.6) is 0 Å². The number of fused-ring (bicyclic) bond motifs is 1. The van der Waals surface area contributed by atoms with Gasteiger partial charge in [0.1, 0.15) is 17.5 Å². The lowest BCUT2D eigenvalue weighted by molar-refractivity contribution is 0.0429. The second-order valence-corrected chi connectivity index (χ2v) is 12.4. The highest BCUT2D eigenvalue weighted by molar-refractivity contribution is 7.53.